The zero-order chi connectivity index (χ0) is 20.4. The number of halogens is 1. The summed E-state index contributed by atoms with van der Waals surface area (Å²) in [6.07, 6.45) is 2.01. The molecule has 0 fully saturated rings. The molecule has 0 aliphatic rings. The number of guanidine groups is 1. The van der Waals surface area contributed by atoms with Gasteiger partial charge in [-0.25, -0.2) is 9.38 Å². The summed E-state index contributed by atoms with van der Waals surface area (Å²) >= 11 is 1.67. The van der Waals surface area contributed by atoms with Gasteiger partial charge < -0.3 is 20.1 Å². The minimum Gasteiger partial charge on any atom is -0.493 e. The van der Waals surface area contributed by atoms with E-state index in [9.17, 15) is 4.39 Å². The van der Waals surface area contributed by atoms with E-state index in [1.54, 1.807) is 32.0 Å². The van der Waals surface area contributed by atoms with Gasteiger partial charge in [0.25, 0.3) is 0 Å². The van der Waals surface area contributed by atoms with Gasteiger partial charge in [-0.2, -0.15) is 11.8 Å². The molecule has 2 aromatic rings. The van der Waals surface area contributed by atoms with Gasteiger partial charge in [0, 0.05) is 18.8 Å². The molecular formula is C21H28FN3O2S. The molecule has 2 aromatic carbocycles. The van der Waals surface area contributed by atoms with E-state index in [4.69, 9.17) is 9.47 Å². The van der Waals surface area contributed by atoms with E-state index >= 15 is 0 Å². The van der Waals surface area contributed by atoms with Crippen LogP contribution in [0.3, 0.4) is 0 Å². The highest BCUT2D eigenvalue weighted by Crippen LogP contribution is 2.27. The van der Waals surface area contributed by atoms with Gasteiger partial charge in [-0.15, -0.1) is 0 Å². The molecule has 0 atom stereocenters. The molecule has 0 aliphatic carbocycles. The van der Waals surface area contributed by atoms with Crippen molar-refractivity contribution in [1.82, 2.24) is 10.6 Å². The minimum absolute atomic E-state index is 0.207. The number of rotatable bonds is 9. The molecule has 0 aromatic heterocycles. The fraction of sp³-hybridized carbons (Fsp3) is 0.381. The van der Waals surface area contributed by atoms with Gasteiger partial charge in [0.2, 0.25) is 0 Å². The Morgan fingerprint density at radius 1 is 1.04 bits per heavy atom. The lowest BCUT2D eigenvalue weighted by Gasteiger charge is -2.14. The van der Waals surface area contributed by atoms with Crippen molar-refractivity contribution in [2.24, 2.45) is 4.99 Å². The summed E-state index contributed by atoms with van der Waals surface area (Å²) < 4.78 is 24.1. The Kier molecular flexibility index (Phi) is 8.94. The molecule has 0 radical (unpaired) electrons. The first-order valence-electron chi connectivity index (χ1n) is 9.10. The third kappa shape index (κ3) is 6.34. The van der Waals surface area contributed by atoms with Crippen LogP contribution in [0.15, 0.2) is 41.4 Å². The maximum atomic E-state index is 13.5. The molecule has 28 heavy (non-hydrogen) atoms. The lowest BCUT2D eigenvalue weighted by atomic mass is 10.1. The van der Waals surface area contributed by atoms with E-state index in [0.717, 1.165) is 29.0 Å². The number of thioether (sulfide) groups is 1. The summed E-state index contributed by atoms with van der Waals surface area (Å²) in [4.78, 5) is 4.64. The molecule has 0 spiro atoms. The SMILES string of the molecule is CCNC(=NCc1ccc(OC)c(OC)c1)NCc1ccc(F)cc1CSC. The lowest BCUT2D eigenvalue weighted by Crippen LogP contribution is -2.37. The Hall–Kier alpha value is -2.41. The molecule has 2 rings (SSSR count). The summed E-state index contributed by atoms with van der Waals surface area (Å²) in [5.41, 5.74) is 3.07. The van der Waals surface area contributed by atoms with E-state index in [1.807, 2.05) is 37.4 Å². The molecule has 0 bridgehead atoms. The molecule has 2 N–H and O–H groups in total. The zero-order valence-electron chi connectivity index (χ0n) is 16.8. The van der Waals surface area contributed by atoms with E-state index in [2.05, 4.69) is 15.6 Å². The Morgan fingerprint density at radius 3 is 2.50 bits per heavy atom. The fourth-order valence-electron chi connectivity index (χ4n) is 2.73. The van der Waals surface area contributed by atoms with Crippen LogP contribution < -0.4 is 20.1 Å². The molecule has 0 aliphatic heterocycles. The molecule has 152 valence electrons. The van der Waals surface area contributed by atoms with Crippen LogP contribution in [0.1, 0.15) is 23.6 Å². The van der Waals surface area contributed by atoms with Gasteiger partial charge in [0.1, 0.15) is 5.82 Å². The molecule has 0 saturated heterocycles. The Morgan fingerprint density at radius 2 is 1.82 bits per heavy atom. The van der Waals surface area contributed by atoms with Gasteiger partial charge >= 0.3 is 0 Å². The van der Waals surface area contributed by atoms with Crippen LogP contribution in [0, 0.1) is 5.82 Å². The van der Waals surface area contributed by atoms with Crippen LogP contribution in [0.4, 0.5) is 4.39 Å². The zero-order valence-corrected chi connectivity index (χ0v) is 17.7. The van der Waals surface area contributed by atoms with Gasteiger partial charge in [-0.3, -0.25) is 0 Å². The number of hydrogen-bond acceptors (Lipinski definition) is 4. The largest absolute Gasteiger partial charge is 0.493 e. The summed E-state index contributed by atoms with van der Waals surface area (Å²) in [5.74, 6) is 2.64. The summed E-state index contributed by atoms with van der Waals surface area (Å²) in [7, 11) is 3.23. The molecule has 0 unspecified atom stereocenters. The number of aliphatic imine (C=N–C) groups is 1. The van der Waals surface area contributed by atoms with Crippen molar-refractivity contribution < 1.29 is 13.9 Å². The van der Waals surface area contributed by atoms with Crippen molar-refractivity contribution in [2.75, 3.05) is 27.0 Å². The highest BCUT2D eigenvalue weighted by atomic mass is 32.2. The summed E-state index contributed by atoms with van der Waals surface area (Å²) in [6, 6.07) is 10.7. The van der Waals surface area contributed by atoms with Gasteiger partial charge in [0.05, 0.1) is 20.8 Å². The molecule has 5 nitrogen and oxygen atoms in total. The van der Waals surface area contributed by atoms with Gasteiger partial charge in [-0.1, -0.05) is 12.1 Å². The lowest BCUT2D eigenvalue weighted by molar-refractivity contribution is 0.354. The normalized spacial score (nSPS) is 11.2. The maximum absolute atomic E-state index is 13.5. The van der Waals surface area contributed by atoms with Crippen LogP contribution in [0.25, 0.3) is 0 Å². The molecule has 7 heteroatoms. The van der Waals surface area contributed by atoms with Gasteiger partial charge in [-0.05, 0) is 54.1 Å². The van der Waals surface area contributed by atoms with E-state index in [-0.39, 0.29) is 5.82 Å². The van der Waals surface area contributed by atoms with Crippen LogP contribution >= 0.6 is 11.8 Å². The first-order valence-corrected chi connectivity index (χ1v) is 10.5. The van der Waals surface area contributed by atoms with Crippen LogP contribution in [0.2, 0.25) is 0 Å². The predicted molar refractivity (Wildman–Crippen MR) is 115 cm³/mol. The summed E-state index contributed by atoms with van der Waals surface area (Å²) in [6.45, 7) is 3.84. The van der Waals surface area contributed by atoms with Crippen molar-refractivity contribution in [1.29, 1.82) is 0 Å². The Bertz CT molecular complexity index is 799. The average molecular weight is 406 g/mol. The predicted octanol–water partition coefficient (Wildman–Crippen LogP) is 3.96. The van der Waals surface area contributed by atoms with Crippen molar-refractivity contribution in [3.05, 3.63) is 58.9 Å². The fourth-order valence-corrected chi connectivity index (χ4v) is 3.31. The van der Waals surface area contributed by atoms with Crippen LogP contribution in [-0.2, 0) is 18.8 Å². The van der Waals surface area contributed by atoms with Crippen molar-refractivity contribution in [2.45, 2.75) is 25.8 Å². The first kappa shape index (κ1) is 21.9. The second-order valence-electron chi connectivity index (χ2n) is 6.08. The monoisotopic (exact) mass is 405 g/mol. The second kappa shape index (κ2) is 11.4. The molecular weight excluding hydrogens is 377 g/mol. The Labute approximate surface area is 170 Å². The first-order chi connectivity index (χ1) is 13.6. The topological polar surface area (TPSA) is 54.9 Å². The van der Waals surface area contributed by atoms with Crippen LogP contribution in [-0.4, -0.2) is 33.0 Å². The van der Waals surface area contributed by atoms with Crippen LogP contribution in [0.5, 0.6) is 11.5 Å². The van der Waals surface area contributed by atoms with E-state index in [0.29, 0.717) is 30.5 Å². The quantitative estimate of drug-likeness (QED) is 0.489. The van der Waals surface area contributed by atoms with E-state index in [1.165, 1.54) is 6.07 Å². The number of hydrogen-bond donors (Lipinski definition) is 2. The number of benzene rings is 2. The highest BCUT2D eigenvalue weighted by molar-refractivity contribution is 7.97. The third-order valence-electron chi connectivity index (χ3n) is 4.13. The minimum atomic E-state index is -0.207. The smallest absolute Gasteiger partial charge is 0.191 e. The number of nitrogens with zero attached hydrogens (tertiary/aromatic N) is 1. The number of methoxy groups -OCH3 is 2. The molecule has 0 heterocycles. The number of nitrogens with one attached hydrogen (secondary N) is 2. The van der Waals surface area contributed by atoms with Gasteiger partial charge in [0.15, 0.2) is 17.5 Å². The summed E-state index contributed by atoms with van der Waals surface area (Å²) in [5, 5.41) is 6.57. The van der Waals surface area contributed by atoms with E-state index < -0.39 is 0 Å². The second-order valence-corrected chi connectivity index (χ2v) is 6.95. The average Bonchev–Trinajstić information content (AvgIpc) is 2.71. The maximum Gasteiger partial charge on any atom is 0.191 e. The third-order valence-corrected chi connectivity index (χ3v) is 4.73. The standard InChI is InChI=1S/C21H28FN3O2S/c1-5-23-21(24-12-15-6-9-19(26-2)20(10-15)27-3)25-13-16-7-8-18(22)11-17(16)14-28-4/h6-11H,5,12-14H2,1-4H3,(H2,23,24,25). The van der Waals surface area contributed by atoms with Crippen molar-refractivity contribution in [3.63, 3.8) is 0 Å². The highest BCUT2D eigenvalue weighted by Gasteiger charge is 2.07. The number of ether oxygens (including phenoxy) is 2. The van der Waals surface area contributed by atoms with Crippen molar-refractivity contribution >= 4 is 17.7 Å². The Balaban J connectivity index is 2.09. The molecule has 0 amide bonds. The molecule has 0 saturated carbocycles. The van der Waals surface area contributed by atoms with Crippen molar-refractivity contribution in [3.8, 4) is 11.5 Å².